The summed E-state index contributed by atoms with van der Waals surface area (Å²) in [6, 6.07) is 0. The molecule has 0 radical (unpaired) electrons. The first-order valence-corrected chi connectivity index (χ1v) is 6.43. The van der Waals surface area contributed by atoms with Crippen molar-refractivity contribution in [2.75, 3.05) is 20.6 Å². The monoisotopic (exact) mass is 271 g/mol. The molecule has 0 fully saturated rings. The second-order valence-electron chi connectivity index (χ2n) is 4.02. The number of likely N-dealkylation sites (N-methyl/N-ethyl adjacent to an activating group) is 1. The van der Waals surface area contributed by atoms with Crippen LogP contribution in [-0.2, 0) is 22.6 Å². The van der Waals surface area contributed by atoms with Crippen LogP contribution in [-0.4, -0.2) is 47.5 Å². The maximum absolute atomic E-state index is 11.5. The number of hydrogen-bond acceptors (Lipinski definition) is 5. The number of hydrogen-bond donors (Lipinski definition) is 2. The number of carbonyl (C=O) groups is 2. The number of aliphatic carboxylic acids is 1. The Morgan fingerprint density at radius 1 is 1.50 bits per heavy atom. The lowest BCUT2D eigenvalue weighted by Gasteiger charge is -2.07. The molecule has 1 amide bonds. The Kier molecular flexibility index (Phi) is 5.73. The van der Waals surface area contributed by atoms with Gasteiger partial charge in [0.2, 0.25) is 5.91 Å². The molecule has 0 saturated heterocycles. The molecule has 1 heterocycles. The smallest absolute Gasteiger partial charge is 0.304 e. The lowest BCUT2D eigenvalue weighted by Crippen LogP contribution is -2.23. The Morgan fingerprint density at radius 2 is 2.22 bits per heavy atom. The van der Waals surface area contributed by atoms with Gasteiger partial charge >= 0.3 is 5.97 Å². The fraction of sp³-hybridized carbons (Fsp3) is 0.545. The molecule has 0 unspecified atom stereocenters. The van der Waals surface area contributed by atoms with Gasteiger partial charge in [0.25, 0.3) is 0 Å². The van der Waals surface area contributed by atoms with E-state index in [1.54, 1.807) is 14.1 Å². The first-order valence-electron chi connectivity index (χ1n) is 5.55. The Morgan fingerprint density at radius 3 is 2.83 bits per heavy atom. The molecule has 0 atom stereocenters. The van der Waals surface area contributed by atoms with Crippen molar-refractivity contribution in [3.8, 4) is 0 Å². The summed E-state index contributed by atoms with van der Waals surface area (Å²) in [4.78, 5) is 27.6. The number of carboxylic acid groups (broad SMARTS) is 1. The third-order valence-electron chi connectivity index (χ3n) is 2.22. The number of nitrogens with zero attached hydrogens (tertiary/aromatic N) is 2. The maximum Gasteiger partial charge on any atom is 0.304 e. The van der Waals surface area contributed by atoms with Gasteiger partial charge < -0.3 is 15.3 Å². The van der Waals surface area contributed by atoms with Crippen LogP contribution in [0, 0.1) is 0 Å². The van der Waals surface area contributed by atoms with E-state index in [0.29, 0.717) is 19.5 Å². The van der Waals surface area contributed by atoms with Crippen molar-refractivity contribution in [1.29, 1.82) is 0 Å². The summed E-state index contributed by atoms with van der Waals surface area (Å²) in [6.07, 6.45) is 0.406. The average molecular weight is 271 g/mol. The first kappa shape index (κ1) is 14.6. The van der Waals surface area contributed by atoms with E-state index in [2.05, 4.69) is 10.3 Å². The van der Waals surface area contributed by atoms with Gasteiger partial charge in [-0.15, -0.1) is 11.3 Å². The van der Waals surface area contributed by atoms with E-state index in [9.17, 15) is 9.59 Å². The molecule has 100 valence electrons. The zero-order chi connectivity index (χ0) is 13.5. The summed E-state index contributed by atoms with van der Waals surface area (Å²) in [5.41, 5.74) is 0.840. The van der Waals surface area contributed by atoms with Crippen molar-refractivity contribution in [3.63, 3.8) is 0 Å². The number of amides is 1. The second kappa shape index (κ2) is 7.07. The van der Waals surface area contributed by atoms with Crippen LogP contribution in [0.4, 0.5) is 0 Å². The Labute approximate surface area is 110 Å². The highest BCUT2D eigenvalue weighted by atomic mass is 32.1. The van der Waals surface area contributed by atoms with E-state index in [-0.39, 0.29) is 12.3 Å². The Bertz CT molecular complexity index is 417. The molecule has 7 heteroatoms. The van der Waals surface area contributed by atoms with Crippen molar-refractivity contribution >= 4 is 23.2 Å². The van der Waals surface area contributed by atoms with Gasteiger partial charge in [-0.2, -0.15) is 0 Å². The zero-order valence-corrected chi connectivity index (χ0v) is 11.3. The van der Waals surface area contributed by atoms with Gasteiger partial charge in [-0.05, 0) is 0 Å². The molecule has 0 bridgehead atoms. The second-order valence-corrected chi connectivity index (χ2v) is 4.96. The van der Waals surface area contributed by atoms with Gasteiger partial charge in [0.15, 0.2) is 0 Å². The van der Waals surface area contributed by atoms with Crippen LogP contribution in [0.5, 0.6) is 0 Å². The Hall–Kier alpha value is -1.47. The predicted octanol–water partition coefficient (Wildman–Crippen LogP) is 0.338. The molecule has 2 N–H and O–H groups in total. The lowest BCUT2D eigenvalue weighted by molar-refractivity contribution is -0.137. The van der Waals surface area contributed by atoms with Gasteiger partial charge in [0.1, 0.15) is 5.01 Å². The van der Waals surface area contributed by atoms with Crippen LogP contribution >= 0.6 is 11.3 Å². The van der Waals surface area contributed by atoms with Gasteiger partial charge in [-0.1, -0.05) is 0 Å². The van der Waals surface area contributed by atoms with E-state index < -0.39 is 5.97 Å². The first-order chi connectivity index (χ1) is 8.49. The van der Waals surface area contributed by atoms with Gasteiger partial charge in [0, 0.05) is 32.6 Å². The van der Waals surface area contributed by atoms with Crippen LogP contribution in [0.25, 0.3) is 0 Å². The van der Waals surface area contributed by atoms with Crippen LogP contribution < -0.4 is 5.32 Å². The molecule has 0 saturated carbocycles. The minimum Gasteiger partial charge on any atom is -0.481 e. The molecule has 0 aliphatic heterocycles. The number of thiazole rings is 1. The molecule has 0 aliphatic carbocycles. The van der Waals surface area contributed by atoms with Crippen LogP contribution in [0.2, 0.25) is 0 Å². The number of nitrogens with one attached hydrogen (secondary N) is 1. The van der Waals surface area contributed by atoms with E-state index >= 15 is 0 Å². The minimum atomic E-state index is -0.821. The average Bonchev–Trinajstić information content (AvgIpc) is 2.72. The number of rotatable bonds is 7. The topological polar surface area (TPSA) is 82.5 Å². The third-order valence-corrected chi connectivity index (χ3v) is 3.12. The van der Waals surface area contributed by atoms with E-state index in [1.807, 2.05) is 5.38 Å². The lowest BCUT2D eigenvalue weighted by atomic mass is 10.4. The molecule has 1 aromatic heterocycles. The summed E-state index contributed by atoms with van der Waals surface area (Å²) in [5.74, 6) is -0.798. The van der Waals surface area contributed by atoms with Crippen molar-refractivity contribution < 1.29 is 14.7 Å². The normalized spacial score (nSPS) is 10.3. The Balaban J connectivity index is 2.34. The highest BCUT2D eigenvalue weighted by molar-refractivity contribution is 7.09. The quantitative estimate of drug-likeness (QED) is 0.699. The van der Waals surface area contributed by atoms with E-state index in [4.69, 9.17) is 5.11 Å². The molecule has 0 spiro atoms. The maximum atomic E-state index is 11.5. The van der Waals surface area contributed by atoms with Crippen molar-refractivity contribution in [2.24, 2.45) is 0 Å². The molecule has 0 aromatic carbocycles. The summed E-state index contributed by atoms with van der Waals surface area (Å²) >= 11 is 1.44. The summed E-state index contributed by atoms with van der Waals surface area (Å²) in [6.45, 7) is 0.943. The van der Waals surface area contributed by atoms with E-state index in [1.165, 1.54) is 16.2 Å². The highest BCUT2D eigenvalue weighted by Crippen LogP contribution is 2.11. The van der Waals surface area contributed by atoms with Crippen LogP contribution in [0.15, 0.2) is 5.38 Å². The van der Waals surface area contributed by atoms with Crippen molar-refractivity contribution in [3.05, 3.63) is 16.1 Å². The summed E-state index contributed by atoms with van der Waals surface area (Å²) in [5, 5.41) is 14.1. The fourth-order valence-corrected chi connectivity index (χ4v) is 2.00. The van der Waals surface area contributed by atoms with Gasteiger partial charge in [0.05, 0.1) is 18.5 Å². The fourth-order valence-electron chi connectivity index (χ4n) is 1.21. The third kappa shape index (κ3) is 5.24. The minimum absolute atomic E-state index is 0.0229. The summed E-state index contributed by atoms with van der Waals surface area (Å²) in [7, 11) is 3.43. The molecular weight excluding hydrogens is 254 g/mol. The highest BCUT2D eigenvalue weighted by Gasteiger charge is 2.09. The largest absolute Gasteiger partial charge is 0.481 e. The predicted molar refractivity (Wildman–Crippen MR) is 68.5 cm³/mol. The number of aromatic nitrogens is 1. The molecular formula is C11H17N3O3S. The molecule has 1 rings (SSSR count). The standard InChI is InChI=1S/C11H17N3O3S/c1-14(2)10(15)5-9-13-8(7-18-9)6-12-4-3-11(16)17/h7,12H,3-6H2,1-2H3,(H,16,17). The van der Waals surface area contributed by atoms with Crippen LogP contribution in [0.1, 0.15) is 17.1 Å². The van der Waals surface area contributed by atoms with E-state index in [0.717, 1.165) is 10.7 Å². The zero-order valence-electron chi connectivity index (χ0n) is 10.5. The number of carbonyl (C=O) groups excluding carboxylic acids is 1. The number of carboxylic acids is 1. The SMILES string of the molecule is CN(C)C(=O)Cc1nc(CNCCC(=O)O)cs1. The summed E-state index contributed by atoms with van der Waals surface area (Å²) < 4.78 is 0. The van der Waals surface area contributed by atoms with Crippen molar-refractivity contribution in [1.82, 2.24) is 15.2 Å². The molecule has 1 aromatic rings. The van der Waals surface area contributed by atoms with Crippen molar-refractivity contribution in [2.45, 2.75) is 19.4 Å². The molecule has 18 heavy (non-hydrogen) atoms. The molecule has 0 aliphatic rings. The van der Waals surface area contributed by atoms with Crippen LogP contribution in [0.3, 0.4) is 0 Å². The molecule has 6 nitrogen and oxygen atoms in total. The van der Waals surface area contributed by atoms with Gasteiger partial charge in [-0.25, -0.2) is 4.98 Å². The van der Waals surface area contributed by atoms with Gasteiger partial charge in [-0.3, -0.25) is 9.59 Å².